The number of nitrogen functional groups attached to an aromatic ring is 1. The van der Waals surface area contributed by atoms with Gasteiger partial charge in [-0.25, -0.2) is 0 Å². The van der Waals surface area contributed by atoms with Crippen molar-refractivity contribution in [1.29, 1.82) is 0 Å². The molecule has 0 spiro atoms. The van der Waals surface area contributed by atoms with Crippen molar-refractivity contribution >= 4 is 61.4 Å². The lowest BCUT2D eigenvalue weighted by atomic mass is 9.81. The van der Waals surface area contributed by atoms with E-state index in [1.807, 2.05) is 42.5 Å². The highest BCUT2D eigenvalue weighted by Crippen LogP contribution is 2.49. The zero-order valence-corrected chi connectivity index (χ0v) is 32.1. The van der Waals surface area contributed by atoms with Crippen molar-refractivity contribution < 1.29 is 0 Å². The number of aliphatic imine (C=N–C) groups is 1. The van der Waals surface area contributed by atoms with Gasteiger partial charge in [-0.3, -0.25) is 4.99 Å². The summed E-state index contributed by atoms with van der Waals surface area (Å²) in [6.07, 6.45) is 1.93. The number of rotatable bonds is 8. The molecule has 9 aromatic rings. The Morgan fingerprint density at radius 1 is 0.684 bits per heavy atom. The van der Waals surface area contributed by atoms with Gasteiger partial charge in [0.2, 0.25) is 0 Å². The first kappa shape index (κ1) is 34.3. The first-order chi connectivity index (χ1) is 27.9. The summed E-state index contributed by atoms with van der Waals surface area (Å²) in [7, 11) is 0. The number of hydrogen-bond donors (Lipinski definition) is 2. The molecule has 8 aromatic carbocycles. The standard InChI is InChI=1S/C53H42N4/c1-4-35-30-45-43-29-24-36-14-8-9-17-40(36)52(43)57(50(45)32-49(35)56-38-15-6-5-7-16-38)39-26-22-34(23-27-39)33-55-51(44-19-11-13-21-48(44)54)37-25-28-42-41-18-10-12-20-46(41)53(2,3)47(42)31-37/h4-32,56H,1,33,54H2,2-3H3. The van der Waals surface area contributed by atoms with Crippen LogP contribution in [0.3, 0.4) is 0 Å². The number of nitrogens with one attached hydrogen (secondary N) is 1. The van der Waals surface area contributed by atoms with Crippen molar-refractivity contribution in [3.63, 3.8) is 0 Å². The number of hydrogen-bond acceptors (Lipinski definition) is 3. The zero-order chi connectivity index (χ0) is 38.7. The molecule has 0 radical (unpaired) electrons. The summed E-state index contributed by atoms with van der Waals surface area (Å²) in [4.78, 5) is 5.33. The molecule has 0 saturated carbocycles. The van der Waals surface area contributed by atoms with E-state index in [1.54, 1.807) is 0 Å². The maximum absolute atomic E-state index is 6.65. The van der Waals surface area contributed by atoms with Gasteiger partial charge in [-0.1, -0.05) is 148 Å². The van der Waals surface area contributed by atoms with Crippen LogP contribution in [-0.2, 0) is 12.0 Å². The molecular formula is C53H42N4. The third-order valence-electron chi connectivity index (χ3n) is 11.8. The Morgan fingerprint density at radius 3 is 2.25 bits per heavy atom. The fourth-order valence-electron chi connectivity index (χ4n) is 8.88. The number of fused-ring (bicyclic) bond motifs is 8. The number of benzene rings is 8. The van der Waals surface area contributed by atoms with Crippen molar-refractivity contribution in [1.82, 2.24) is 4.57 Å². The fourth-order valence-corrected chi connectivity index (χ4v) is 8.88. The minimum Gasteiger partial charge on any atom is -0.398 e. The smallest absolute Gasteiger partial charge is 0.0743 e. The van der Waals surface area contributed by atoms with Gasteiger partial charge in [-0.15, -0.1) is 0 Å². The first-order valence-electron chi connectivity index (χ1n) is 19.6. The van der Waals surface area contributed by atoms with Crippen LogP contribution >= 0.6 is 0 Å². The van der Waals surface area contributed by atoms with Crippen molar-refractivity contribution in [2.24, 2.45) is 4.99 Å². The van der Waals surface area contributed by atoms with Crippen LogP contribution in [0.25, 0.3) is 55.5 Å². The molecule has 1 aromatic heterocycles. The van der Waals surface area contributed by atoms with Crippen LogP contribution in [0.2, 0.25) is 0 Å². The quantitative estimate of drug-likeness (QED) is 0.121. The van der Waals surface area contributed by atoms with Crippen molar-refractivity contribution in [2.45, 2.75) is 25.8 Å². The summed E-state index contributed by atoms with van der Waals surface area (Å²) in [6.45, 7) is 9.32. The normalized spacial score (nSPS) is 13.2. The highest BCUT2D eigenvalue weighted by Gasteiger charge is 2.35. The van der Waals surface area contributed by atoms with E-state index >= 15 is 0 Å². The van der Waals surface area contributed by atoms with Crippen molar-refractivity contribution in [2.75, 3.05) is 11.1 Å². The molecule has 0 atom stereocenters. The van der Waals surface area contributed by atoms with Crippen LogP contribution in [0.5, 0.6) is 0 Å². The minimum absolute atomic E-state index is 0.116. The van der Waals surface area contributed by atoms with Gasteiger partial charge in [0.05, 0.1) is 23.3 Å². The van der Waals surface area contributed by atoms with Gasteiger partial charge >= 0.3 is 0 Å². The second-order valence-electron chi connectivity index (χ2n) is 15.5. The number of anilines is 3. The van der Waals surface area contributed by atoms with Crippen molar-refractivity contribution in [3.05, 3.63) is 210 Å². The van der Waals surface area contributed by atoms with Gasteiger partial charge in [0.15, 0.2) is 0 Å². The average Bonchev–Trinajstić information content (AvgIpc) is 3.69. The molecule has 274 valence electrons. The Kier molecular flexibility index (Phi) is 8.15. The molecule has 1 aliphatic carbocycles. The SMILES string of the molecule is C=Cc1cc2c3ccc4ccccc4c3n(-c3ccc(CN=C(c4ccc5c(c4)C(C)(C)c4ccccc4-5)c4ccccc4N)cc3)c2cc1Nc1ccccc1. The van der Waals surface area contributed by atoms with E-state index in [0.717, 1.165) is 50.5 Å². The first-order valence-corrected chi connectivity index (χ1v) is 19.6. The summed E-state index contributed by atoms with van der Waals surface area (Å²) in [5.41, 5.74) is 23.0. The maximum Gasteiger partial charge on any atom is 0.0743 e. The second-order valence-corrected chi connectivity index (χ2v) is 15.5. The van der Waals surface area contributed by atoms with E-state index in [4.69, 9.17) is 10.7 Å². The number of nitrogens with zero attached hydrogens (tertiary/aromatic N) is 2. The highest BCUT2D eigenvalue weighted by atomic mass is 15.0. The van der Waals surface area contributed by atoms with E-state index in [2.05, 4.69) is 164 Å². The molecule has 10 rings (SSSR count). The third-order valence-corrected chi connectivity index (χ3v) is 11.8. The number of aromatic nitrogens is 1. The largest absolute Gasteiger partial charge is 0.398 e. The lowest BCUT2D eigenvalue weighted by molar-refractivity contribution is 0.660. The van der Waals surface area contributed by atoms with E-state index in [9.17, 15) is 0 Å². The van der Waals surface area contributed by atoms with Crippen LogP contribution in [-0.4, -0.2) is 10.3 Å². The lowest BCUT2D eigenvalue weighted by Gasteiger charge is -2.22. The molecule has 4 nitrogen and oxygen atoms in total. The number of nitrogens with two attached hydrogens (primary N) is 1. The molecular weight excluding hydrogens is 693 g/mol. The maximum atomic E-state index is 6.65. The molecule has 0 amide bonds. The molecule has 3 N–H and O–H groups in total. The number of para-hydroxylation sites is 2. The summed E-state index contributed by atoms with van der Waals surface area (Å²) < 4.78 is 2.41. The molecule has 0 aliphatic heterocycles. The Hall–Kier alpha value is -7.17. The zero-order valence-electron chi connectivity index (χ0n) is 32.1. The van der Waals surface area contributed by atoms with E-state index in [-0.39, 0.29) is 5.41 Å². The summed E-state index contributed by atoms with van der Waals surface area (Å²) in [6, 6.07) is 60.4. The average molecular weight is 735 g/mol. The van der Waals surface area contributed by atoms with Crippen LogP contribution in [0.1, 0.15) is 47.2 Å². The molecule has 4 heteroatoms. The summed E-state index contributed by atoms with van der Waals surface area (Å²) in [5.74, 6) is 0. The Labute approximate surface area is 333 Å². The van der Waals surface area contributed by atoms with Gasteiger partial charge in [0.1, 0.15) is 0 Å². The van der Waals surface area contributed by atoms with Crippen LogP contribution in [0.15, 0.2) is 181 Å². The second kappa shape index (κ2) is 13.5. The molecule has 1 heterocycles. The fraction of sp³-hybridized carbons (Fsp3) is 0.0755. The predicted octanol–water partition coefficient (Wildman–Crippen LogP) is 13.2. The predicted molar refractivity (Wildman–Crippen MR) is 242 cm³/mol. The van der Waals surface area contributed by atoms with Gasteiger partial charge in [0.25, 0.3) is 0 Å². The summed E-state index contributed by atoms with van der Waals surface area (Å²) in [5, 5.41) is 8.47. The van der Waals surface area contributed by atoms with Crippen LogP contribution in [0, 0.1) is 0 Å². The molecule has 0 fully saturated rings. The van der Waals surface area contributed by atoms with E-state index < -0.39 is 0 Å². The van der Waals surface area contributed by atoms with Crippen molar-refractivity contribution in [3.8, 4) is 16.8 Å². The minimum atomic E-state index is -0.116. The van der Waals surface area contributed by atoms with Gasteiger partial charge < -0.3 is 15.6 Å². The lowest BCUT2D eigenvalue weighted by Crippen LogP contribution is -2.16. The molecule has 57 heavy (non-hydrogen) atoms. The Morgan fingerprint density at radius 2 is 1.42 bits per heavy atom. The molecule has 0 saturated heterocycles. The monoisotopic (exact) mass is 734 g/mol. The Balaban J connectivity index is 1.08. The highest BCUT2D eigenvalue weighted by molar-refractivity contribution is 6.19. The summed E-state index contributed by atoms with van der Waals surface area (Å²) >= 11 is 0. The molecule has 0 unspecified atom stereocenters. The van der Waals surface area contributed by atoms with Gasteiger partial charge in [-0.05, 0) is 87.3 Å². The van der Waals surface area contributed by atoms with Crippen LogP contribution in [0.4, 0.5) is 17.1 Å². The van der Waals surface area contributed by atoms with E-state index in [0.29, 0.717) is 12.2 Å². The van der Waals surface area contributed by atoms with Crippen LogP contribution < -0.4 is 11.1 Å². The molecule has 0 bridgehead atoms. The third kappa shape index (κ3) is 5.72. The van der Waals surface area contributed by atoms with Gasteiger partial charge in [-0.2, -0.15) is 0 Å². The van der Waals surface area contributed by atoms with Gasteiger partial charge in [0, 0.05) is 55.5 Å². The Bertz CT molecular complexity index is 3060. The van der Waals surface area contributed by atoms with E-state index in [1.165, 1.54) is 49.3 Å². The molecule has 1 aliphatic rings. The topological polar surface area (TPSA) is 55.3 Å².